The van der Waals surface area contributed by atoms with E-state index in [1.54, 1.807) is 17.0 Å². The number of amides is 1. The Morgan fingerprint density at radius 2 is 1.91 bits per heavy atom. The van der Waals surface area contributed by atoms with Gasteiger partial charge < -0.3 is 4.90 Å². The smallest absolute Gasteiger partial charge is 0.280 e. The second kappa shape index (κ2) is 8.35. The van der Waals surface area contributed by atoms with Crippen molar-refractivity contribution in [3.63, 3.8) is 0 Å². The standard InChI is InChI=1S/C25H21F3N4O/c1-15-7-9-16(10-8-15)20-13-22(23(27)28)32-24(30-20)19(14-29-32)25(33)31-11-3-6-21(31)17-4-2-5-18(26)12-17/h2,4-5,7-10,12-14,21,23H,3,6,11H2,1H3/t21-/m1/s1. The Hall–Kier alpha value is -3.68. The van der Waals surface area contributed by atoms with E-state index in [4.69, 9.17) is 0 Å². The van der Waals surface area contributed by atoms with Crippen molar-refractivity contribution >= 4 is 11.6 Å². The number of alkyl halides is 2. The van der Waals surface area contributed by atoms with Gasteiger partial charge >= 0.3 is 0 Å². The van der Waals surface area contributed by atoms with Crippen LogP contribution in [0.1, 0.15) is 52.5 Å². The minimum atomic E-state index is -2.80. The second-order valence-electron chi connectivity index (χ2n) is 8.24. The molecule has 5 nitrogen and oxygen atoms in total. The Morgan fingerprint density at radius 1 is 1.12 bits per heavy atom. The number of nitrogens with zero attached hydrogens (tertiary/aromatic N) is 4. The summed E-state index contributed by atoms with van der Waals surface area (Å²) < 4.78 is 42.6. The van der Waals surface area contributed by atoms with Crippen LogP contribution < -0.4 is 0 Å². The summed E-state index contributed by atoms with van der Waals surface area (Å²) in [5.74, 6) is -0.723. The molecule has 0 saturated carbocycles. The lowest BCUT2D eigenvalue weighted by atomic mass is 10.0. The molecule has 168 valence electrons. The number of fused-ring (bicyclic) bond motifs is 1. The summed E-state index contributed by atoms with van der Waals surface area (Å²) in [5.41, 5.74) is 2.65. The van der Waals surface area contributed by atoms with E-state index in [0.29, 0.717) is 29.8 Å². The monoisotopic (exact) mass is 450 g/mol. The number of aromatic nitrogens is 3. The molecule has 1 fully saturated rings. The number of hydrogen-bond acceptors (Lipinski definition) is 3. The van der Waals surface area contributed by atoms with Crippen LogP contribution in [0.15, 0.2) is 60.8 Å². The average Bonchev–Trinajstić information content (AvgIpc) is 3.46. The van der Waals surface area contributed by atoms with Crippen LogP contribution in [0, 0.1) is 12.7 Å². The maximum absolute atomic E-state index is 13.9. The van der Waals surface area contributed by atoms with Crippen molar-refractivity contribution in [3.8, 4) is 11.3 Å². The summed E-state index contributed by atoms with van der Waals surface area (Å²) in [7, 11) is 0. The molecule has 1 aliphatic rings. The van der Waals surface area contributed by atoms with Gasteiger partial charge in [0.2, 0.25) is 0 Å². The van der Waals surface area contributed by atoms with Crippen molar-refractivity contribution in [1.82, 2.24) is 19.5 Å². The van der Waals surface area contributed by atoms with E-state index < -0.39 is 6.43 Å². The number of rotatable bonds is 4. The van der Waals surface area contributed by atoms with Crippen LogP contribution in [0.5, 0.6) is 0 Å². The van der Waals surface area contributed by atoms with E-state index in [-0.39, 0.29) is 34.7 Å². The van der Waals surface area contributed by atoms with E-state index in [9.17, 15) is 18.0 Å². The molecule has 8 heteroatoms. The van der Waals surface area contributed by atoms with Crippen LogP contribution >= 0.6 is 0 Å². The fourth-order valence-corrected chi connectivity index (χ4v) is 4.39. The highest BCUT2D eigenvalue weighted by Crippen LogP contribution is 2.34. The Bertz CT molecular complexity index is 1330. The van der Waals surface area contributed by atoms with Crippen LogP contribution in [0.25, 0.3) is 16.9 Å². The second-order valence-corrected chi connectivity index (χ2v) is 8.24. The lowest BCUT2D eigenvalue weighted by Gasteiger charge is -2.24. The van der Waals surface area contributed by atoms with Gasteiger partial charge in [0.05, 0.1) is 17.9 Å². The van der Waals surface area contributed by atoms with Crippen LogP contribution in [-0.4, -0.2) is 31.9 Å². The average molecular weight is 450 g/mol. The lowest BCUT2D eigenvalue weighted by Crippen LogP contribution is -2.30. The molecule has 0 aliphatic carbocycles. The van der Waals surface area contributed by atoms with Gasteiger partial charge in [-0.25, -0.2) is 22.7 Å². The molecule has 1 amide bonds. The number of hydrogen-bond donors (Lipinski definition) is 0. The summed E-state index contributed by atoms with van der Waals surface area (Å²) in [6.07, 6.45) is -0.0552. The molecule has 2 aromatic carbocycles. The number of aryl methyl sites for hydroxylation is 1. The highest BCUT2D eigenvalue weighted by atomic mass is 19.3. The number of likely N-dealkylation sites (tertiary alicyclic amines) is 1. The molecule has 1 aliphatic heterocycles. The van der Waals surface area contributed by atoms with Gasteiger partial charge in [-0.3, -0.25) is 4.79 Å². The van der Waals surface area contributed by atoms with Crippen molar-refractivity contribution in [3.05, 3.63) is 89.0 Å². The summed E-state index contributed by atoms with van der Waals surface area (Å²) >= 11 is 0. The van der Waals surface area contributed by atoms with Gasteiger partial charge in [0.1, 0.15) is 17.1 Å². The maximum Gasteiger partial charge on any atom is 0.280 e. The minimum Gasteiger partial charge on any atom is -0.331 e. The minimum absolute atomic E-state index is 0.0817. The molecule has 0 unspecified atom stereocenters. The number of benzene rings is 2. The van der Waals surface area contributed by atoms with Crippen molar-refractivity contribution in [2.45, 2.75) is 32.2 Å². The van der Waals surface area contributed by atoms with Gasteiger partial charge in [0, 0.05) is 12.1 Å². The first-order valence-corrected chi connectivity index (χ1v) is 10.7. The number of carbonyl (C=O) groups excluding carboxylic acids is 1. The topological polar surface area (TPSA) is 50.5 Å². The normalized spacial score (nSPS) is 16.2. The molecule has 1 atom stereocenters. The molecular formula is C25H21F3N4O. The zero-order valence-corrected chi connectivity index (χ0v) is 17.9. The van der Waals surface area contributed by atoms with Crippen LogP contribution in [-0.2, 0) is 0 Å². The molecule has 0 bridgehead atoms. The fourth-order valence-electron chi connectivity index (χ4n) is 4.39. The summed E-state index contributed by atoms with van der Waals surface area (Å²) in [4.78, 5) is 19.7. The molecule has 0 spiro atoms. The Morgan fingerprint density at radius 3 is 2.64 bits per heavy atom. The van der Waals surface area contributed by atoms with E-state index in [0.717, 1.165) is 16.5 Å². The Kier molecular flexibility index (Phi) is 5.36. The number of halogens is 3. The van der Waals surface area contributed by atoms with Gasteiger partial charge in [-0.2, -0.15) is 5.10 Å². The van der Waals surface area contributed by atoms with E-state index in [1.807, 2.05) is 31.2 Å². The van der Waals surface area contributed by atoms with Gasteiger partial charge in [-0.15, -0.1) is 0 Å². The molecule has 2 aromatic heterocycles. The van der Waals surface area contributed by atoms with E-state index >= 15 is 0 Å². The molecule has 33 heavy (non-hydrogen) atoms. The zero-order valence-electron chi connectivity index (χ0n) is 17.9. The van der Waals surface area contributed by atoms with Crippen molar-refractivity contribution in [2.75, 3.05) is 6.54 Å². The molecule has 0 radical (unpaired) electrons. The predicted octanol–water partition coefficient (Wildman–Crippen LogP) is 5.76. The maximum atomic E-state index is 13.9. The third-order valence-electron chi connectivity index (χ3n) is 6.05. The van der Waals surface area contributed by atoms with Gasteiger partial charge in [0.25, 0.3) is 12.3 Å². The first-order valence-electron chi connectivity index (χ1n) is 10.7. The van der Waals surface area contributed by atoms with Crippen LogP contribution in [0.3, 0.4) is 0 Å². The Labute approximate surface area is 188 Å². The summed E-state index contributed by atoms with van der Waals surface area (Å²) in [6.45, 7) is 2.42. The lowest BCUT2D eigenvalue weighted by molar-refractivity contribution is 0.0737. The van der Waals surface area contributed by atoms with E-state index in [1.165, 1.54) is 24.4 Å². The molecule has 4 aromatic rings. The van der Waals surface area contributed by atoms with E-state index in [2.05, 4.69) is 10.1 Å². The van der Waals surface area contributed by atoms with Crippen molar-refractivity contribution in [1.29, 1.82) is 0 Å². The highest BCUT2D eigenvalue weighted by molar-refractivity contribution is 6.00. The molecular weight excluding hydrogens is 429 g/mol. The van der Waals surface area contributed by atoms with Crippen LogP contribution in [0.2, 0.25) is 0 Å². The SMILES string of the molecule is Cc1ccc(-c2cc(C(F)F)n3ncc(C(=O)N4CCC[C@@H]4c4cccc(F)c4)c3n2)cc1. The van der Waals surface area contributed by atoms with Crippen LogP contribution in [0.4, 0.5) is 13.2 Å². The molecule has 3 heterocycles. The van der Waals surface area contributed by atoms with Gasteiger partial charge in [-0.1, -0.05) is 42.0 Å². The first kappa shape index (κ1) is 21.2. The fraction of sp³-hybridized carbons (Fsp3) is 0.240. The Balaban J connectivity index is 1.59. The molecule has 1 saturated heterocycles. The third kappa shape index (κ3) is 3.86. The first-order chi connectivity index (χ1) is 15.9. The van der Waals surface area contributed by atoms with Gasteiger partial charge in [0.15, 0.2) is 5.65 Å². The zero-order chi connectivity index (χ0) is 23.1. The quantitative estimate of drug-likeness (QED) is 0.397. The number of carbonyl (C=O) groups is 1. The highest BCUT2D eigenvalue weighted by Gasteiger charge is 2.33. The predicted molar refractivity (Wildman–Crippen MR) is 118 cm³/mol. The molecule has 5 rings (SSSR count). The summed E-state index contributed by atoms with van der Waals surface area (Å²) in [5, 5.41) is 4.06. The largest absolute Gasteiger partial charge is 0.331 e. The van der Waals surface area contributed by atoms with Crippen molar-refractivity contribution < 1.29 is 18.0 Å². The van der Waals surface area contributed by atoms with Crippen molar-refractivity contribution in [2.24, 2.45) is 0 Å². The third-order valence-corrected chi connectivity index (χ3v) is 6.05. The summed E-state index contributed by atoms with van der Waals surface area (Å²) in [6, 6.07) is 14.6. The molecule has 0 N–H and O–H groups in total. The van der Waals surface area contributed by atoms with Gasteiger partial charge in [-0.05, 0) is 43.5 Å².